The van der Waals surface area contributed by atoms with Crippen molar-refractivity contribution in [2.45, 2.75) is 65.2 Å². The molecule has 0 aromatic rings. The molecule has 0 heterocycles. The molecule has 0 unspecified atom stereocenters. The number of hydrogen-bond acceptors (Lipinski definition) is 0. The van der Waals surface area contributed by atoms with Crippen LogP contribution in [0.4, 0.5) is 0 Å². The summed E-state index contributed by atoms with van der Waals surface area (Å²) in [6.07, 6.45) is 19.6. The van der Waals surface area contributed by atoms with Crippen LogP contribution in [0, 0.1) is 0 Å². The van der Waals surface area contributed by atoms with E-state index in [2.05, 4.69) is 38.2 Å². The summed E-state index contributed by atoms with van der Waals surface area (Å²) in [5.74, 6) is 0. The molecule has 0 aliphatic carbocycles. The normalized spacial score (nSPS) is 11.9. The summed E-state index contributed by atoms with van der Waals surface area (Å²) in [7, 11) is 0. The van der Waals surface area contributed by atoms with Gasteiger partial charge in [0.05, 0.1) is 0 Å². The topological polar surface area (TPSA) is 0 Å². The number of allylic oxidation sites excluding steroid dienone is 4. The van der Waals surface area contributed by atoms with Crippen LogP contribution in [0.25, 0.3) is 0 Å². The summed E-state index contributed by atoms with van der Waals surface area (Å²) >= 11 is 0. The van der Waals surface area contributed by atoms with E-state index in [-0.39, 0.29) is 0 Å². The Morgan fingerprint density at radius 2 is 1.29 bits per heavy atom. The summed E-state index contributed by atoms with van der Waals surface area (Å²) in [4.78, 5) is 0. The van der Waals surface area contributed by atoms with Gasteiger partial charge in [0, 0.05) is 0 Å². The van der Waals surface area contributed by atoms with Gasteiger partial charge in [0.2, 0.25) is 0 Å². The molecule has 0 aliphatic rings. The van der Waals surface area contributed by atoms with E-state index in [1.807, 2.05) is 0 Å². The summed E-state index contributed by atoms with van der Waals surface area (Å²) in [5.41, 5.74) is 0. The predicted molar refractivity (Wildman–Crippen MR) is 66.6 cm³/mol. The minimum absolute atomic E-state index is 1.17. The minimum Gasteiger partial charge on any atom is -0.0888 e. The van der Waals surface area contributed by atoms with Gasteiger partial charge in [-0.05, 0) is 32.1 Å². The number of rotatable bonds is 9. The fraction of sp³-hybridized carbons (Fsp3) is 0.714. The van der Waals surface area contributed by atoms with Crippen LogP contribution in [0.2, 0.25) is 0 Å². The highest BCUT2D eigenvalue weighted by molar-refractivity contribution is 4.87. The van der Waals surface area contributed by atoms with Crippen LogP contribution in [0.15, 0.2) is 24.3 Å². The number of hydrogen-bond donors (Lipinski definition) is 0. The molecule has 0 aromatic carbocycles. The third-order valence-electron chi connectivity index (χ3n) is 2.29. The molecule has 0 N–H and O–H groups in total. The highest BCUT2D eigenvalue weighted by atomic mass is 13.9. The Morgan fingerprint density at radius 1 is 0.643 bits per heavy atom. The van der Waals surface area contributed by atoms with Gasteiger partial charge in [-0.15, -0.1) is 0 Å². The number of unbranched alkanes of at least 4 members (excludes halogenated alkanes) is 5. The summed E-state index contributed by atoms with van der Waals surface area (Å²) in [6.45, 7) is 4.44. The second kappa shape index (κ2) is 12.5. The molecule has 0 heteroatoms. The lowest BCUT2D eigenvalue weighted by Crippen LogP contribution is -1.73. The second-order valence-corrected chi connectivity index (χ2v) is 3.78. The molecule has 0 nitrogen and oxygen atoms in total. The van der Waals surface area contributed by atoms with Gasteiger partial charge in [0.1, 0.15) is 0 Å². The Bertz CT molecular complexity index is 142. The maximum atomic E-state index is 2.34. The smallest absolute Gasteiger partial charge is 0.0316 e. The highest BCUT2D eigenvalue weighted by Gasteiger charge is 1.83. The van der Waals surface area contributed by atoms with Gasteiger partial charge in [-0.2, -0.15) is 0 Å². The van der Waals surface area contributed by atoms with Crippen molar-refractivity contribution in [3.8, 4) is 0 Å². The minimum atomic E-state index is 1.17. The molecule has 0 radical (unpaired) electrons. The zero-order valence-corrected chi connectivity index (χ0v) is 9.97. The second-order valence-electron chi connectivity index (χ2n) is 3.78. The van der Waals surface area contributed by atoms with Gasteiger partial charge in [-0.1, -0.05) is 57.4 Å². The van der Waals surface area contributed by atoms with Gasteiger partial charge in [0.15, 0.2) is 0 Å². The summed E-state index contributed by atoms with van der Waals surface area (Å²) in [5, 5.41) is 0. The van der Waals surface area contributed by atoms with E-state index in [0.717, 1.165) is 0 Å². The Balaban J connectivity index is 3.07. The van der Waals surface area contributed by atoms with Crippen molar-refractivity contribution in [3.05, 3.63) is 24.3 Å². The lowest BCUT2D eigenvalue weighted by Gasteiger charge is -1.93. The maximum absolute atomic E-state index is 2.34. The molecule has 0 aromatic heterocycles. The summed E-state index contributed by atoms with van der Waals surface area (Å²) < 4.78 is 0. The molecule has 0 saturated carbocycles. The van der Waals surface area contributed by atoms with Gasteiger partial charge < -0.3 is 0 Å². The van der Waals surface area contributed by atoms with Crippen molar-refractivity contribution < 1.29 is 0 Å². The first-order valence-corrected chi connectivity index (χ1v) is 6.21. The maximum Gasteiger partial charge on any atom is -0.0316 e. The standard InChI is InChI=1S/C14H26/c1-3-5-7-9-11-13-14-12-10-8-6-4-2/h5,7,13-14H,3-4,6,8-12H2,1-2H3/b7-5+,14-13+. The van der Waals surface area contributed by atoms with Gasteiger partial charge in [0.25, 0.3) is 0 Å². The average molecular weight is 194 g/mol. The lowest BCUT2D eigenvalue weighted by molar-refractivity contribution is 0.674. The summed E-state index contributed by atoms with van der Waals surface area (Å²) in [6, 6.07) is 0. The zero-order valence-electron chi connectivity index (χ0n) is 9.97. The predicted octanol–water partition coefficient (Wildman–Crippen LogP) is 5.26. The Labute approximate surface area is 90.1 Å². The molecule has 82 valence electrons. The molecule has 0 fully saturated rings. The molecule has 14 heavy (non-hydrogen) atoms. The molecule has 0 saturated heterocycles. The van der Waals surface area contributed by atoms with Crippen LogP contribution in [0.5, 0.6) is 0 Å². The first-order chi connectivity index (χ1) is 6.91. The monoisotopic (exact) mass is 194 g/mol. The first-order valence-electron chi connectivity index (χ1n) is 6.21. The van der Waals surface area contributed by atoms with E-state index in [1.165, 1.54) is 51.4 Å². The Kier molecular flexibility index (Phi) is 12.0. The molecule has 0 amide bonds. The molecule has 0 rings (SSSR count). The van der Waals surface area contributed by atoms with Crippen LogP contribution in [0.1, 0.15) is 65.2 Å². The molecule has 0 bridgehead atoms. The van der Waals surface area contributed by atoms with E-state index >= 15 is 0 Å². The highest BCUT2D eigenvalue weighted by Crippen LogP contribution is 2.03. The molecule has 0 aliphatic heterocycles. The van der Waals surface area contributed by atoms with Gasteiger partial charge in [-0.25, -0.2) is 0 Å². The third kappa shape index (κ3) is 11.5. The fourth-order valence-electron chi connectivity index (χ4n) is 1.40. The quantitative estimate of drug-likeness (QED) is 0.347. The van der Waals surface area contributed by atoms with Crippen molar-refractivity contribution in [1.82, 2.24) is 0 Å². The average Bonchev–Trinajstić information content (AvgIpc) is 2.21. The molecular formula is C14H26. The van der Waals surface area contributed by atoms with Crippen LogP contribution >= 0.6 is 0 Å². The third-order valence-corrected chi connectivity index (χ3v) is 2.29. The van der Waals surface area contributed by atoms with Crippen molar-refractivity contribution >= 4 is 0 Å². The van der Waals surface area contributed by atoms with E-state index in [9.17, 15) is 0 Å². The zero-order chi connectivity index (χ0) is 10.5. The van der Waals surface area contributed by atoms with Gasteiger partial charge in [-0.3, -0.25) is 0 Å². The van der Waals surface area contributed by atoms with Crippen molar-refractivity contribution in [2.75, 3.05) is 0 Å². The fourth-order valence-corrected chi connectivity index (χ4v) is 1.40. The van der Waals surface area contributed by atoms with Crippen LogP contribution in [-0.4, -0.2) is 0 Å². The first kappa shape index (κ1) is 13.5. The van der Waals surface area contributed by atoms with E-state index in [1.54, 1.807) is 0 Å². The van der Waals surface area contributed by atoms with Crippen LogP contribution in [0.3, 0.4) is 0 Å². The van der Waals surface area contributed by atoms with E-state index in [0.29, 0.717) is 0 Å². The lowest BCUT2D eigenvalue weighted by atomic mass is 10.1. The van der Waals surface area contributed by atoms with Gasteiger partial charge >= 0.3 is 0 Å². The van der Waals surface area contributed by atoms with Crippen molar-refractivity contribution in [2.24, 2.45) is 0 Å². The van der Waals surface area contributed by atoms with Crippen molar-refractivity contribution in [1.29, 1.82) is 0 Å². The Morgan fingerprint density at radius 3 is 1.93 bits per heavy atom. The molecule has 0 spiro atoms. The van der Waals surface area contributed by atoms with Crippen LogP contribution < -0.4 is 0 Å². The van der Waals surface area contributed by atoms with E-state index in [4.69, 9.17) is 0 Å². The van der Waals surface area contributed by atoms with E-state index < -0.39 is 0 Å². The van der Waals surface area contributed by atoms with Crippen molar-refractivity contribution in [3.63, 3.8) is 0 Å². The Hall–Kier alpha value is -0.520. The molecular weight excluding hydrogens is 168 g/mol. The largest absolute Gasteiger partial charge is 0.0888 e. The SMILES string of the molecule is CC/C=C/CC/C=C/CCCCCC. The van der Waals surface area contributed by atoms with Crippen LogP contribution in [-0.2, 0) is 0 Å². The molecule has 0 atom stereocenters.